The lowest BCUT2D eigenvalue weighted by Gasteiger charge is -2.35. The highest BCUT2D eigenvalue weighted by atomic mass is 32.2. The molecule has 1 aliphatic heterocycles. The molecule has 3 aromatic rings. The lowest BCUT2D eigenvalue weighted by molar-refractivity contribution is 0.251. The van der Waals surface area contributed by atoms with Crippen LogP contribution in [0, 0.1) is 6.92 Å². The van der Waals surface area contributed by atoms with E-state index in [0.29, 0.717) is 38.4 Å². The van der Waals surface area contributed by atoms with Gasteiger partial charge < -0.3 is 15.5 Å². The standard InChI is InChI=1S/C24H27N5O3S/c1-19-4-2-6-22(16-19)28-12-14-29(15-13-28)33(31,32)23-9-7-21(8-10-23)27-24(30)26-18-20-5-3-11-25-17-20/h2-11,16-17H,12-15,18H2,1H3,(H2,26,27,30). The van der Waals surface area contributed by atoms with Crippen molar-refractivity contribution >= 4 is 27.4 Å². The van der Waals surface area contributed by atoms with Gasteiger partial charge in [0.15, 0.2) is 0 Å². The molecule has 1 saturated heterocycles. The topological polar surface area (TPSA) is 94.6 Å². The summed E-state index contributed by atoms with van der Waals surface area (Å²) in [5, 5.41) is 5.46. The van der Waals surface area contributed by atoms with Crippen LogP contribution in [0.15, 0.2) is 78.0 Å². The summed E-state index contributed by atoms with van der Waals surface area (Å²) in [6.07, 6.45) is 3.35. The van der Waals surface area contributed by atoms with Crippen LogP contribution in [0.2, 0.25) is 0 Å². The first-order valence-corrected chi connectivity index (χ1v) is 12.2. The summed E-state index contributed by atoms with van der Waals surface area (Å²) >= 11 is 0. The van der Waals surface area contributed by atoms with Crippen LogP contribution >= 0.6 is 0 Å². The van der Waals surface area contributed by atoms with Crippen molar-refractivity contribution in [2.45, 2.75) is 18.4 Å². The van der Waals surface area contributed by atoms with E-state index in [-0.39, 0.29) is 10.9 Å². The normalized spacial score (nSPS) is 14.6. The number of aromatic nitrogens is 1. The van der Waals surface area contributed by atoms with Gasteiger partial charge in [-0.2, -0.15) is 4.31 Å². The van der Waals surface area contributed by atoms with Crippen LogP contribution in [0.1, 0.15) is 11.1 Å². The van der Waals surface area contributed by atoms with Crippen LogP contribution in [0.4, 0.5) is 16.2 Å². The van der Waals surface area contributed by atoms with Crippen LogP contribution < -0.4 is 15.5 Å². The number of hydrogen-bond donors (Lipinski definition) is 2. The quantitative estimate of drug-likeness (QED) is 0.583. The van der Waals surface area contributed by atoms with Crippen molar-refractivity contribution in [3.8, 4) is 0 Å². The zero-order valence-corrected chi connectivity index (χ0v) is 19.3. The van der Waals surface area contributed by atoms with Crippen molar-refractivity contribution < 1.29 is 13.2 Å². The molecule has 0 unspecified atom stereocenters. The summed E-state index contributed by atoms with van der Waals surface area (Å²) in [5.74, 6) is 0. The number of carbonyl (C=O) groups is 1. The molecule has 2 aromatic carbocycles. The molecule has 4 rings (SSSR count). The Morgan fingerprint density at radius 1 is 1.00 bits per heavy atom. The number of pyridine rings is 1. The molecule has 9 heteroatoms. The number of nitrogens with zero attached hydrogens (tertiary/aromatic N) is 3. The maximum absolute atomic E-state index is 13.1. The maximum Gasteiger partial charge on any atom is 0.319 e. The third kappa shape index (κ3) is 5.68. The van der Waals surface area contributed by atoms with Gasteiger partial charge in [-0.25, -0.2) is 13.2 Å². The summed E-state index contributed by atoms with van der Waals surface area (Å²) in [6.45, 7) is 4.52. The smallest absolute Gasteiger partial charge is 0.319 e. The van der Waals surface area contributed by atoms with Gasteiger partial charge in [-0.05, 0) is 60.5 Å². The van der Waals surface area contributed by atoms with E-state index in [1.807, 2.05) is 25.1 Å². The van der Waals surface area contributed by atoms with Crippen LogP contribution in [0.3, 0.4) is 0 Å². The predicted octanol–water partition coefficient (Wildman–Crippen LogP) is 3.22. The van der Waals surface area contributed by atoms with Gasteiger partial charge >= 0.3 is 6.03 Å². The number of aryl methyl sites for hydroxylation is 1. The summed E-state index contributed by atoms with van der Waals surface area (Å²) in [4.78, 5) is 18.5. The second-order valence-electron chi connectivity index (χ2n) is 7.92. The molecule has 2 heterocycles. The molecule has 0 atom stereocenters. The van der Waals surface area contributed by atoms with Crippen LogP contribution in [-0.2, 0) is 16.6 Å². The van der Waals surface area contributed by atoms with Crippen molar-refractivity contribution in [1.29, 1.82) is 0 Å². The Hall–Kier alpha value is -3.43. The highest BCUT2D eigenvalue weighted by molar-refractivity contribution is 7.89. The van der Waals surface area contributed by atoms with Crippen LogP contribution in [0.5, 0.6) is 0 Å². The number of benzene rings is 2. The number of piperazine rings is 1. The molecule has 2 amide bonds. The van der Waals surface area contributed by atoms with Crippen molar-refractivity contribution in [3.63, 3.8) is 0 Å². The van der Waals surface area contributed by atoms with Crippen molar-refractivity contribution in [1.82, 2.24) is 14.6 Å². The SMILES string of the molecule is Cc1cccc(N2CCN(S(=O)(=O)c3ccc(NC(=O)NCc4cccnc4)cc3)CC2)c1. The molecule has 0 bridgehead atoms. The number of nitrogens with one attached hydrogen (secondary N) is 2. The van der Waals surface area contributed by atoms with E-state index in [1.165, 1.54) is 22.0 Å². The minimum atomic E-state index is -3.60. The first-order chi connectivity index (χ1) is 15.9. The second-order valence-corrected chi connectivity index (χ2v) is 9.86. The van der Waals surface area contributed by atoms with Gasteiger partial charge in [-0.15, -0.1) is 0 Å². The van der Waals surface area contributed by atoms with Gasteiger partial charge in [-0.3, -0.25) is 4.98 Å². The second kappa shape index (κ2) is 10.0. The van der Waals surface area contributed by atoms with E-state index in [0.717, 1.165) is 11.3 Å². The van der Waals surface area contributed by atoms with Crippen LogP contribution in [0.25, 0.3) is 0 Å². The Labute approximate surface area is 194 Å². The molecule has 172 valence electrons. The molecule has 1 aliphatic rings. The van der Waals surface area contributed by atoms with E-state index in [2.05, 4.69) is 32.7 Å². The highest BCUT2D eigenvalue weighted by Crippen LogP contribution is 2.23. The molecular formula is C24H27N5O3S. The molecule has 0 aliphatic carbocycles. The fourth-order valence-corrected chi connectivity index (χ4v) is 5.15. The predicted molar refractivity (Wildman–Crippen MR) is 129 cm³/mol. The maximum atomic E-state index is 13.1. The fraction of sp³-hybridized carbons (Fsp3) is 0.250. The average molecular weight is 466 g/mol. The number of rotatable bonds is 6. The summed E-state index contributed by atoms with van der Waals surface area (Å²) in [6, 6.07) is 17.8. The van der Waals surface area contributed by atoms with E-state index in [4.69, 9.17) is 0 Å². The van der Waals surface area contributed by atoms with Gasteiger partial charge in [0.2, 0.25) is 10.0 Å². The molecule has 1 fully saturated rings. The number of sulfonamides is 1. The summed E-state index contributed by atoms with van der Waals surface area (Å²) in [7, 11) is -3.60. The van der Waals surface area contributed by atoms with Crippen LogP contribution in [-0.4, -0.2) is 49.9 Å². The highest BCUT2D eigenvalue weighted by Gasteiger charge is 2.28. The molecule has 0 spiro atoms. The van der Waals surface area contributed by atoms with Gasteiger partial charge in [0.05, 0.1) is 4.90 Å². The minimum Gasteiger partial charge on any atom is -0.369 e. The first-order valence-electron chi connectivity index (χ1n) is 10.8. The van der Waals surface area contributed by atoms with E-state index >= 15 is 0 Å². The molecule has 33 heavy (non-hydrogen) atoms. The van der Waals surface area contributed by atoms with Crippen molar-refractivity contribution in [3.05, 3.63) is 84.2 Å². The molecular weight excluding hydrogens is 438 g/mol. The third-order valence-electron chi connectivity index (χ3n) is 5.53. The lowest BCUT2D eigenvalue weighted by Crippen LogP contribution is -2.48. The lowest BCUT2D eigenvalue weighted by atomic mass is 10.2. The van der Waals surface area contributed by atoms with Gasteiger partial charge in [0, 0.05) is 56.5 Å². The number of anilines is 2. The van der Waals surface area contributed by atoms with Crippen molar-refractivity contribution in [2.24, 2.45) is 0 Å². The monoisotopic (exact) mass is 465 g/mol. The molecule has 0 radical (unpaired) electrons. The number of urea groups is 1. The molecule has 0 saturated carbocycles. The minimum absolute atomic E-state index is 0.216. The zero-order valence-electron chi connectivity index (χ0n) is 18.4. The number of hydrogen-bond acceptors (Lipinski definition) is 5. The van der Waals surface area contributed by atoms with Crippen molar-refractivity contribution in [2.75, 3.05) is 36.4 Å². The summed E-state index contributed by atoms with van der Waals surface area (Å²) < 4.78 is 27.7. The average Bonchev–Trinajstić information content (AvgIpc) is 2.84. The first kappa shape index (κ1) is 22.8. The van der Waals surface area contributed by atoms with E-state index in [9.17, 15) is 13.2 Å². The Morgan fingerprint density at radius 3 is 2.42 bits per heavy atom. The third-order valence-corrected chi connectivity index (χ3v) is 7.44. The van der Waals surface area contributed by atoms with E-state index in [1.54, 1.807) is 30.6 Å². The molecule has 2 N–H and O–H groups in total. The van der Waals surface area contributed by atoms with Gasteiger partial charge in [0.1, 0.15) is 0 Å². The largest absolute Gasteiger partial charge is 0.369 e. The Morgan fingerprint density at radius 2 is 1.76 bits per heavy atom. The Balaban J connectivity index is 1.32. The summed E-state index contributed by atoms with van der Waals surface area (Å²) in [5.41, 5.74) is 3.70. The van der Waals surface area contributed by atoms with Gasteiger partial charge in [0.25, 0.3) is 0 Å². The molecule has 8 nitrogen and oxygen atoms in total. The Bertz CT molecular complexity index is 1190. The Kier molecular flexibility index (Phi) is 6.90. The fourth-order valence-electron chi connectivity index (χ4n) is 3.73. The van der Waals surface area contributed by atoms with E-state index < -0.39 is 10.0 Å². The van der Waals surface area contributed by atoms with Gasteiger partial charge in [-0.1, -0.05) is 18.2 Å². The zero-order chi connectivity index (χ0) is 23.3. The number of carbonyl (C=O) groups excluding carboxylic acids is 1. The number of amides is 2. The molecule has 1 aromatic heterocycles.